The number of aromatic nitrogens is 2. The summed E-state index contributed by atoms with van der Waals surface area (Å²) in [6, 6.07) is 7.67. The molecular formula is C11H11N3O. The van der Waals surface area contributed by atoms with Crippen LogP contribution in [0, 0.1) is 0 Å². The molecule has 1 aromatic heterocycles. The zero-order chi connectivity index (χ0) is 10.5. The Labute approximate surface area is 87.3 Å². The molecule has 2 aromatic rings. The second kappa shape index (κ2) is 4.61. The summed E-state index contributed by atoms with van der Waals surface area (Å²) in [5.41, 5.74) is 2.43. The molecule has 0 spiro atoms. The van der Waals surface area contributed by atoms with E-state index in [0.717, 1.165) is 11.0 Å². The van der Waals surface area contributed by atoms with Gasteiger partial charge in [-0.2, -0.15) is 0 Å². The highest BCUT2D eigenvalue weighted by Crippen LogP contribution is 2.07. The molecule has 0 unspecified atom stereocenters. The van der Waals surface area contributed by atoms with E-state index in [0.29, 0.717) is 12.2 Å². The SMILES string of the molecule is OCCN=Cc1cnc2ccccc2n1. The molecule has 4 nitrogen and oxygen atoms in total. The molecule has 0 saturated carbocycles. The first-order valence-electron chi connectivity index (χ1n) is 4.72. The Morgan fingerprint density at radius 3 is 2.87 bits per heavy atom. The van der Waals surface area contributed by atoms with E-state index in [1.807, 2.05) is 24.3 Å². The van der Waals surface area contributed by atoms with Crippen molar-refractivity contribution in [2.75, 3.05) is 13.2 Å². The summed E-state index contributed by atoms with van der Waals surface area (Å²) in [5.74, 6) is 0. The van der Waals surface area contributed by atoms with Gasteiger partial charge in [0.25, 0.3) is 0 Å². The van der Waals surface area contributed by atoms with Gasteiger partial charge >= 0.3 is 0 Å². The first-order valence-corrected chi connectivity index (χ1v) is 4.72. The average molecular weight is 201 g/mol. The summed E-state index contributed by atoms with van der Waals surface area (Å²) in [6.07, 6.45) is 3.29. The van der Waals surface area contributed by atoms with Crippen LogP contribution >= 0.6 is 0 Å². The number of aliphatic hydroxyl groups is 1. The largest absolute Gasteiger partial charge is 0.394 e. The summed E-state index contributed by atoms with van der Waals surface area (Å²) >= 11 is 0. The van der Waals surface area contributed by atoms with Gasteiger partial charge < -0.3 is 5.11 Å². The highest BCUT2D eigenvalue weighted by atomic mass is 16.3. The molecule has 76 valence electrons. The maximum atomic E-state index is 8.57. The molecule has 15 heavy (non-hydrogen) atoms. The van der Waals surface area contributed by atoms with Crippen molar-refractivity contribution in [2.24, 2.45) is 4.99 Å². The molecule has 0 saturated heterocycles. The molecule has 0 aliphatic rings. The van der Waals surface area contributed by atoms with Crippen LogP contribution in [0.15, 0.2) is 35.5 Å². The molecule has 0 atom stereocenters. The maximum absolute atomic E-state index is 8.57. The van der Waals surface area contributed by atoms with E-state index >= 15 is 0 Å². The Morgan fingerprint density at radius 2 is 2.07 bits per heavy atom. The third-order valence-corrected chi connectivity index (χ3v) is 1.92. The van der Waals surface area contributed by atoms with Gasteiger partial charge in [0.1, 0.15) is 0 Å². The highest BCUT2D eigenvalue weighted by Gasteiger charge is 1.95. The standard InChI is InChI=1S/C11H11N3O/c15-6-5-12-7-9-8-13-10-3-1-2-4-11(10)14-9/h1-4,7-8,15H,5-6H2. The van der Waals surface area contributed by atoms with Crippen LogP contribution in [0.4, 0.5) is 0 Å². The van der Waals surface area contributed by atoms with Gasteiger partial charge in [0.2, 0.25) is 0 Å². The smallest absolute Gasteiger partial charge is 0.0998 e. The minimum absolute atomic E-state index is 0.0531. The van der Waals surface area contributed by atoms with Gasteiger partial charge in [0.05, 0.1) is 36.1 Å². The highest BCUT2D eigenvalue weighted by molar-refractivity contribution is 5.81. The molecule has 1 N–H and O–H groups in total. The molecule has 0 aliphatic carbocycles. The summed E-state index contributed by atoms with van der Waals surface area (Å²) in [4.78, 5) is 12.6. The molecule has 0 amide bonds. The van der Waals surface area contributed by atoms with Gasteiger partial charge in [-0.25, -0.2) is 4.98 Å². The topological polar surface area (TPSA) is 58.4 Å². The van der Waals surface area contributed by atoms with Gasteiger partial charge in [0.15, 0.2) is 0 Å². The van der Waals surface area contributed by atoms with E-state index in [9.17, 15) is 0 Å². The maximum Gasteiger partial charge on any atom is 0.0998 e. The monoisotopic (exact) mass is 201 g/mol. The fourth-order valence-corrected chi connectivity index (χ4v) is 1.25. The van der Waals surface area contributed by atoms with Crippen LogP contribution in [-0.2, 0) is 0 Å². The molecular weight excluding hydrogens is 190 g/mol. The Kier molecular flexibility index (Phi) is 2.99. The summed E-state index contributed by atoms with van der Waals surface area (Å²) in [5, 5.41) is 8.57. The van der Waals surface area contributed by atoms with E-state index < -0.39 is 0 Å². The van der Waals surface area contributed by atoms with Gasteiger partial charge in [-0.05, 0) is 12.1 Å². The van der Waals surface area contributed by atoms with Crippen molar-refractivity contribution in [2.45, 2.75) is 0 Å². The van der Waals surface area contributed by atoms with Crippen LogP contribution in [-0.4, -0.2) is 34.4 Å². The lowest BCUT2D eigenvalue weighted by Crippen LogP contribution is -1.93. The molecule has 4 heteroatoms. The third kappa shape index (κ3) is 2.35. The Morgan fingerprint density at radius 1 is 1.27 bits per heavy atom. The predicted molar refractivity (Wildman–Crippen MR) is 59.1 cm³/mol. The Hall–Kier alpha value is -1.81. The predicted octanol–water partition coefficient (Wildman–Crippen LogP) is 1.04. The minimum atomic E-state index is 0.0531. The molecule has 1 aromatic carbocycles. The fourth-order valence-electron chi connectivity index (χ4n) is 1.25. The van der Waals surface area contributed by atoms with Crippen LogP contribution in [0.2, 0.25) is 0 Å². The van der Waals surface area contributed by atoms with Crippen LogP contribution in [0.3, 0.4) is 0 Å². The number of fused-ring (bicyclic) bond motifs is 1. The van der Waals surface area contributed by atoms with Crippen molar-refractivity contribution >= 4 is 17.2 Å². The summed E-state index contributed by atoms with van der Waals surface area (Å²) in [6.45, 7) is 0.450. The first kappa shape index (κ1) is 9.73. The number of benzene rings is 1. The molecule has 0 aliphatic heterocycles. The molecule has 0 fully saturated rings. The normalized spacial score (nSPS) is 11.3. The number of para-hydroxylation sites is 2. The number of aliphatic imine (C=N–C) groups is 1. The van der Waals surface area contributed by atoms with Crippen molar-refractivity contribution in [1.29, 1.82) is 0 Å². The Balaban J connectivity index is 2.30. The van der Waals surface area contributed by atoms with Gasteiger partial charge in [-0.1, -0.05) is 12.1 Å². The number of hydrogen-bond acceptors (Lipinski definition) is 4. The number of nitrogens with zero attached hydrogens (tertiary/aromatic N) is 3. The van der Waals surface area contributed by atoms with Gasteiger partial charge in [-0.3, -0.25) is 9.98 Å². The van der Waals surface area contributed by atoms with Crippen LogP contribution in [0.25, 0.3) is 11.0 Å². The lowest BCUT2D eigenvalue weighted by atomic mass is 10.3. The van der Waals surface area contributed by atoms with Crippen molar-refractivity contribution in [1.82, 2.24) is 9.97 Å². The van der Waals surface area contributed by atoms with E-state index in [4.69, 9.17) is 5.11 Å². The van der Waals surface area contributed by atoms with E-state index in [1.54, 1.807) is 12.4 Å². The van der Waals surface area contributed by atoms with E-state index in [2.05, 4.69) is 15.0 Å². The van der Waals surface area contributed by atoms with Crippen molar-refractivity contribution < 1.29 is 5.11 Å². The van der Waals surface area contributed by atoms with Crippen molar-refractivity contribution in [3.63, 3.8) is 0 Å². The first-order chi connectivity index (χ1) is 7.40. The lowest BCUT2D eigenvalue weighted by molar-refractivity contribution is 0.307. The molecule has 1 heterocycles. The number of rotatable bonds is 3. The van der Waals surface area contributed by atoms with Crippen LogP contribution in [0.1, 0.15) is 5.69 Å². The Bertz CT molecular complexity index is 482. The molecule has 0 radical (unpaired) electrons. The number of hydrogen-bond donors (Lipinski definition) is 1. The van der Waals surface area contributed by atoms with Crippen LogP contribution < -0.4 is 0 Å². The van der Waals surface area contributed by atoms with Crippen molar-refractivity contribution in [3.05, 3.63) is 36.2 Å². The fraction of sp³-hybridized carbons (Fsp3) is 0.182. The third-order valence-electron chi connectivity index (χ3n) is 1.92. The zero-order valence-corrected chi connectivity index (χ0v) is 8.17. The second-order valence-electron chi connectivity index (χ2n) is 3.04. The summed E-state index contributed by atoms with van der Waals surface area (Å²) < 4.78 is 0. The van der Waals surface area contributed by atoms with Gasteiger partial charge in [0, 0.05) is 6.21 Å². The average Bonchev–Trinajstić information content (AvgIpc) is 2.29. The zero-order valence-electron chi connectivity index (χ0n) is 8.17. The van der Waals surface area contributed by atoms with E-state index in [-0.39, 0.29) is 6.61 Å². The van der Waals surface area contributed by atoms with Crippen LogP contribution in [0.5, 0.6) is 0 Å². The van der Waals surface area contributed by atoms with Gasteiger partial charge in [-0.15, -0.1) is 0 Å². The molecule has 0 bridgehead atoms. The molecule has 2 rings (SSSR count). The summed E-state index contributed by atoms with van der Waals surface area (Å²) in [7, 11) is 0. The number of aliphatic hydroxyl groups excluding tert-OH is 1. The second-order valence-corrected chi connectivity index (χ2v) is 3.04. The lowest BCUT2D eigenvalue weighted by Gasteiger charge is -1.96. The quantitative estimate of drug-likeness (QED) is 0.755. The van der Waals surface area contributed by atoms with Crippen molar-refractivity contribution in [3.8, 4) is 0 Å². The van der Waals surface area contributed by atoms with E-state index in [1.165, 1.54) is 0 Å². The minimum Gasteiger partial charge on any atom is -0.394 e.